The fraction of sp³-hybridized carbons (Fsp3) is 0.722. The molecule has 1 aromatic rings. The van der Waals surface area contributed by atoms with Gasteiger partial charge in [0.2, 0.25) is 0 Å². The van der Waals surface area contributed by atoms with Gasteiger partial charge >= 0.3 is 0 Å². The number of hydrogen-bond donors (Lipinski definition) is 2. The van der Waals surface area contributed by atoms with E-state index in [1.54, 1.807) is 11.3 Å². The van der Waals surface area contributed by atoms with Crippen LogP contribution in [0.4, 0.5) is 0 Å². The standard InChI is InChI=1S/C18H29N3O2S2/c1-14-7-8-17(24-14)12-20-18(21-16-5-3-2-4-6-16)19-11-15-9-10-25(22,23)13-15/h7-8,15-16H,2-6,9-13H2,1H3,(H2,19,20,21). The molecule has 25 heavy (non-hydrogen) atoms. The van der Waals surface area contributed by atoms with Crippen molar-refractivity contribution in [2.24, 2.45) is 10.9 Å². The van der Waals surface area contributed by atoms with Gasteiger partial charge in [0, 0.05) is 22.3 Å². The molecule has 2 fully saturated rings. The largest absolute Gasteiger partial charge is 0.356 e. The maximum absolute atomic E-state index is 11.6. The van der Waals surface area contributed by atoms with Crippen molar-refractivity contribution in [1.82, 2.24) is 10.6 Å². The average Bonchev–Trinajstić information content (AvgIpc) is 3.16. The first-order chi connectivity index (χ1) is 12.0. The molecule has 0 amide bonds. The minimum absolute atomic E-state index is 0.201. The van der Waals surface area contributed by atoms with Crippen LogP contribution in [0.2, 0.25) is 0 Å². The van der Waals surface area contributed by atoms with Crippen LogP contribution in [0.1, 0.15) is 48.3 Å². The van der Waals surface area contributed by atoms with Gasteiger partial charge in [-0.1, -0.05) is 19.3 Å². The molecule has 0 aromatic carbocycles. The van der Waals surface area contributed by atoms with E-state index in [4.69, 9.17) is 4.99 Å². The van der Waals surface area contributed by atoms with Gasteiger partial charge in [0.25, 0.3) is 0 Å². The van der Waals surface area contributed by atoms with Gasteiger partial charge in [-0.3, -0.25) is 0 Å². The Labute approximate surface area is 155 Å². The molecule has 140 valence electrons. The number of hydrogen-bond acceptors (Lipinski definition) is 4. The molecule has 1 atom stereocenters. The number of rotatable bonds is 5. The summed E-state index contributed by atoms with van der Waals surface area (Å²) < 4.78 is 23.3. The molecular weight excluding hydrogens is 354 g/mol. The van der Waals surface area contributed by atoms with Crippen LogP contribution in [-0.2, 0) is 16.4 Å². The molecule has 1 aliphatic heterocycles. The number of aryl methyl sites for hydroxylation is 1. The van der Waals surface area contributed by atoms with Crippen molar-refractivity contribution in [2.45, 2.75) is 58.0 Å². The quantitative estimate of drug-likeness (QED) is 0.606. The molecule has 3 rings (SSSR count). The highest BCUT2D eigenvalue weighted by atomic mass is 32.2. The van der Waals surface area contributed by atoms with E-state index in [9.17, 15) is 8.42 Å². The van der Waals surface area contributed by atoms with Crippen LogP contribution >= 0.6 is 11.3 Å². The molecule has 5 nitrogen and oxygen atoms in total. The van der Waals surface area contributed by atoms with Crippen molar-refractivity contribution in [3.63, 3.8) is 0 Å². The maximum Gasteiger partial charge on any atom is 0.191 e. The van der Waals surface area contributed by atoms with Gasteiger partial charge in [0.15, 0.2) is 15.8 Å². The Morgan fingerprint density at radius 3 is 2.68 bits per heavy atom. The molecule has 1 saturated heterocycles. The molecule has 2 heterocycles. The van der Waals surface area contributed by atoms with Crippen LogP contribution in [-0.4, -0.2) is 38.5 Å². The summed E-state index contributed by atoms with van der Waals surface area (Å²) in [6.45, 7) is 3.46. The second-order valence-electron chi connectivity index (χ2n) is 7.31. The third-order valence-corrected chi connectivity index (χ3v) is 7.84. The smallest absolute Gasteiger partial charge is 0.191 e. The van der Waals surface area contributed by atoms with Crippen LogP contribution in [0.5, 0.6) is 0 Å². The molecule has 7 heteroatoms. The summed E-state index contributed by atoms with van der Waals surface area (Å²) in [5.41, 5.74) is 0. The van der Waals surface area contributed by atoms with E-state index in [-0.39, 0.29) is 5.92 Å². The van der Waals surface area contributed by atoms with Crippen molar-refractivity contribution in [3.05, 3.63) is 21.9 Å². The Kier molecular flexibility index (Phi) is 6.39. The number of guanidine groups is 1. The van der Waals surface area contributed by atoms with E-state index in [0.717, 1.165) is 12.4 Å². The van der Waals surface area contributed by atoms with Gasteiger partial charge in [-0.2, -0.15) is 0 Å². The van der Waals surface area contributed by atoms with Gasteiger partial charge in [-0.15, -0.1) is 11.3 Å². The van der Waals surface area contributed by atoms with Gasteiger partial charge in [0.05, 0.1) is 18.1 Å². The summed E-state index contributed by atoms with van der Waals surface area (Å²) >= 11 is 1.78. The second kappa shape index (κ2) is 8.54. The molecule has 1 unspecified atom stereocenters. The SMILES string of the molecule is Cc1ccc(CN=C(NCC2CCS(=O)(=O)C2)NC2CCCCC2)s1. The summed E-state index contributed by atoms with van der Waals surface area (Å²) in [5, 5.41) is 6.97. The Hall–Kier alpha value is -1.08. The van der Waals surface area contributed by atoms with Gasteiger partial charge in [-0.05, 0) is 44.2 Å². The van der Waals surface area contributed by atoms with Crippen molar-refractivity contribution in [3.8, 4) is 0 Å². The van der Waals surface area contributed by atoms with E-state index in [0.29, 0.717) is 30.6 Å². The molecule has 2 N–H and O–H groups in total. The van der Waals surface area contributed by atoms with E-state index >= 15 is 0 Å². The second-order valence-corrected chi connectivity index (χ2v) is 10.9. The van der Waals surface area contributed by atoms with E-state index in [1.165, 1.54) is 41.9 Å². The van der Waals surface area contributed by atoms with Crippen molar-refractivity contribution in [2.75, 3.05) is 18.1 Å². The normalized spacial score (nSPS) is 24.4. The number of aliphatic imine (C=N–C) groups is 1. The van der Waals surface area contributed by atoms with Crippen molar-refractivity contribution >= 4 is 27.1 Å². The van der Waals surface area contributed by atoms with Crippen LogP contribution in [0.3, 0.4) is 0 Å². The lowest BCUT2D eigenvalue weighted by molar-refractivity contribution is 0.408. The Balaban J connectivity index is 1.58. The molecule has 0 bridgehead atoms. The number of nitrogens with zero attached hydrogens (tertiary/aromatic N) is 1. The highest BCUT2D eigenvalue weighted by Crippen LogP contribution is 2.19. The Morgan fingerprint density at radius 2 is 2.04 bits per heavy atom. The monoisotopic (exact) mass is 383 g/mol. The first-order valence-electron chi connectivity index (χ1n) is 9.31. The predicted octanol–water partition coefficient (Wildman–Crippen LogP) is 2.86. The topological polar surface area (TPSA) is 70.6 Å². The summed E-state index contributed by atoms with van der Waals surface area (Å²) in [4.78, 5) is 7.31. The molecule has 1 aliphatic carbocycles. The summed E-state index contributed by atoms with van der Waals surface area (Å²) in [5.74, 6) is 1.67. The lowest BCUT2D eigenvalue weighted by Gasteiger charge is -2.25. The van der Waals surface area contributed by atoms with Gasteiger partial charge in [0.1, 0.15) is 0 Å². The van der Waals surface area contributed by atoms with E-state index < -0.39 is 9.84 Å². The van der Waals surface area contributed by atoms with E-state index in [1.807, 2.05) is 0 Å². The van der Waals surface area contributed by atoms with Crippen LogP contribution < -0.4 is 10.6 Å². The third kappa shape index (κ3) is 5.99. The lowest BCUT2D eigenvalue weighted by atomic mass is 9.96. The van der Waals surface area contributed by atoms with Crippen LogP contribution in [0.15, 0.2) is 17.1 Å². The van der Waals surface area contributed by atoms with Crippen LogP contribution in [0, 0.1) is 12.8 Å². The van der Waals surface area contributed by atoms with Gasteiger partial charge in [-0.25, -0.2) is 13.4 Å². The number of sulfone groups is 1. The highest BCUT2D eigenvalue weighted by Gasteiger charge is 2.28. The first-order valence-corrected chi connectivity index (χ1v) is 11.9. The molecule has 1 aromatic heterocycles. The number of thiophene rings is 1. The predicted molar refractivity (Wildman–Crippen MR) is 105 cm³/mol. The van der Waals surface area contributed by atoms with Crippen LogP contribution in [0.25, 0.3) is 0 Å². The fourth-order valence-electron chi connectivity index (χ4n) is 3.59. The summed E-state index contributed by atoms with van der Waals surface area (Å²) in [7, 11) is -2.82. The lowest BCUT2D eigenvalue weighted by Crippen LogP contribution is -2.45. The highest BCUT2D eigenvalue weighted by molar-refractivity contribution is 7.91. The van der Waals surface area contributed by atoms with Crippen molar-refractivity contribution in [1.29, 1.82) is 0 Å². The fourth-order valence-corrected chi connectivity index (χ4v) is 6.27. The zero-order chi connectivity index (χ0) is 17.7. The zero-order valence-corrected chi connectivity index (χ0v) is 16.6. The van der Waals surface area contributed by atoms with Crippen molar-refractivity contribution < 1.29 is 8.42 Å². The zero-order valence-electron chi connectivity index (χ0n) is 15.0. The Morgan fingerprint density at radius 1 is 1.24 bits per heavy atom. The maximum atomic E-state index is 11.6. The molecular formula is C18H29N3O2S2. The minimum Gasteiger partial charge on any atom is -0.356 e. The minimum atomic E-state index is -2.82. The van der Waals surface area contributed by atoms with E-state index in [2.05, 4.69) is 29.7 Å². The summed E-state index contributed by atoms with van der Waals surface area (Å²) in [6.07, 6.45) is 7.02. The molecule has 0 spiro atoms. The molecule has 2 aliphatic rings. The Bertz CT molecular complexity index is 691. The summed E-state index contributed by atoms with van der Waals surface area (Å²) in [6, 6.07) is 4.74. The van der Waals surface area contributed by atoms with Gasteiger partial charge < -0.3 is 10.6 Å². The molecule has 1 saturated carbocycles. The first kappa shape index (κ1) is 18.7. The molecule has 0 radical (unpaired) electrons. The number of nitrogens with one attached hydrogen (secondary N) is 2. The third-order valence-electron chi connectivity index (χ3n) is 5.02. The average molecular weight is 384 g/mol.